The summed E-state index contributed by atoms with van der Waals surface area (Å²) in [5.41, 5.74) is 5.37. The first kappa shape index (κ1) is 10.2. The van der Waals surface area contributed by atoms with Crippen molar-refractivity contribution in [1.82, 2.24) is 9.97 Å². The van der Waals surface area contributed by atoms with Gasteiger partial charge in [-0.25, -0.2) is 4.98 Å². The van der Waals surface area contributed by atoms with Gasteiger partial charge in [0.15, 0.2) is 0 Å². The zero-order valence-electron chi connectivity index (χ0n) is 8.94. The van der Waals surface area contributed by atoms with Gasteiger partial charge in [-0.2, -0.15) is 4.98 Å². The second-order valence-corrected chi connectivity index (χ2v) is 3.59. The molecule has 2 rings (SSSR count). The second kappa shape index (κ2) is 4.44. The minimum atomic E-state index is 0.496. The third kappa shape index (κ3) is 2.36. The molecular weight excluding hydrogens is 192 g/mol. The fourth-order valence-corrected chi connectivity index (χ4v) is 1.47. The molecule has 1 aromatic rings. The lowest BCUT2D eigenvalue weighted by atomic mass is 10.2. The number of anilines is 1. The molecule has 0 aromatic carbocycles. The van der Waals surface area contributed by atoms with Crippen molar-refractivity contribution in [2.75, 3.05) is 31.1 Å². The van der Waals surface area contributed by atoms with Crippen molar-refractivity contribution in [3.8, 4) is 5.88 Å². The van der Waals surface area contributed by atoms with Gasteiger partial charge in [-0.05, 0) is 13.3 Å². The Kier molecular flexibility index (Phi) is 3.01. The van der Waals surface area contributed by atoms with Crippen LogP contribution in [0.5, 0.6) is 5.88 Å². The summed E-state index contributed by atoms with van der Waals surface area (Å²) in [6.45, 7) is 5.02. The highest BCUT2D eigenvalue weighted by Gasteiger charge is 2.17. The minimum absolute atomic E-state index is 0.496. The van der Waals surface area contributed by atoms with E-state index in [1.807, 2.05) is 13.0 Å². The summed E-state index contributed by atoms with van der Waals surface area (Å²) in [4.78, 5) is 10.8. The third-order valence-corrected chi connectivity index (χ3v) is 2.35. The molecule has 0 unspecified atom stereocenters. The van der Waals surface area contributed by atoms with Gasteiger partial charge in [-0.3, -0.25) is 0 Å². The van der Waals surface area contributed by atoms with Crippen molar-refractivity contribution in [3.63, 3.8) is 0 Å². The summed E-state index contributed by atoms with van der Waals surface area (Å²) in [6, 6.07) is 1.88. The molecule has 1 fully saturated rings. The third-order valence-electron chi connectivity index (χ3n) is 2.35. The van der Waals surface area contributed by atoms with Crippen LogP contribution in [-0.2, 0) is 0 Å². The maximum absolute atomic E-state index is 5.39. The van der Waals surface area contributed by atoms with E-state index in [1.54, 1.807) is 0 Å². The van der Waals surface area contributed by atoms with Crippen LogP contribution in [0.2, 0.25) is 0 Å². The fraction of sp³-hybridized carbons (Fsp3) is 0.600. The molecule has 0 radical (unpaired) electrons. The summed E-state index contributed by atoms with van der Waals surface area (Å²) < 4.78 is 5.39. The fourth-order valence-electron chi connectivity index (χ4n) is 1.47. The molecule has 0 saturated carbocycles. The normalized spacial score (nSPS) is 14.9. The highest BCUT2D eigenvalue weighted by atomic mass is 16.5. The van der Waals surface area contributed by atoms with E-state index >= 15 is 0 Å². The Balaban J connectivity index is 2.12. The number of aromatic nitrogens is 2. The summed E-state index contributed by atoms with van der Waals surface area (Å²) in [5, 5.41) is 0. The predicted molar refractivity (Wildman–Crippen MR) is 58.1 cm³/mol. The zero-order valence-corrected chi connectivity index (χ0v) is 8.94. The van der Waals surface area contributed by atoms with Gasteiger partial charge in [-0.1, -0.05) is 0 Å². The van der Waals surface area contributed by atoms with Crippen molar-refractivity contribution >= 4 is 5.82 Å². The molecule has 5 nitrogen and oxygen atoms in total. The smallest absolute Gasteiger partial charge is 0.218 e. The van der Waals surface area contributed by atoms with Gasteiger partial charge in [0.05, 0.1) is 0 Å². The maximum Gasteiger partial charge on any atom is 0.218 e. The lowest BCUT2D eigenvalue weighted by Gasteiger charge is -2.32. The van der Waals surface area contributed by atoms with E-state index < -0.39 is 0 Å². The Morgan fingerprint density at radius 1 is 1.47 bits per heavy atom. The average Bonchev–Trinajstić information content (AvgIpc) is 2.11. The molecule has 0 bridgehead atoms. The number of ether oxygens (including phenoxy) is 1. The molecule has 15 heavy (non-hydrogen) atoms. The van der Waals surface area contributed by atoms with Gasteiger partial charge in [0, 0.05) is 25.7 Å². The molecule has 0 atom stereocenters. The average molecular weight is 208 g/mol. The van der Waals surface area contributed by atoms with Crippen LogP contribution in [-0.4, -0.2) is 36.2 Å². The van der Waals surface area contributed by atoms with Crippen LogP contribution in [0, 0.1) is 6.92 Å². The zero-order chi connectivity index (χ0) is 10.7. The second-order valence-electron chi connectivity index (χ2n) is 3.59. The molecule has 5 heteroatoms. The summed E-state index contributed by atoms with van der Waals surface area (Å²) in [5.74, 6) is 2.32. The van der Waals surface area contributed by atoms with Crippen LogP contribution in [0.4, 0.5) is 5.82 Å². The van der Waals surface area contributed by atoms with Gasteiger partial charge in [0.2, 0.25) is 5.88 Å². The number of rotatable bonds is 4. The van der Waals surface area contributed by atoms with Crippen molar-refractivity contribution < 1.29 is 4.74 Å². The van der Waals surface area contributed by atoms with Crippen molar-refractivity contribution in [2.45, 2.75) is 13.3 Å². The number of nitrogens with two attached hydrogens (primary N) is 1. The highest BCUT2D eigenvalue weighted by molar-refractivity contribution is 5.43. The molecule has 2 N–H and O–H groups in total. The van der Waals surface area contributed by atoms with Crippen LogP contribution in [0.1, 0.15) is 12.2 Å². The van der Waals surface area contributed by atoms with Gasteiger partial charge < -0.3 is 15.4 Å². The summed E-state index contributed by atoms with van der Waals surface area (Å²) in [7, 11) is 0. The van der Waals surface area contributed by atoms with Gasteiger partial charge >= 0.3 is 0 Å². The Morgan fingerprint density at radius 2 is 2.27 bits per heavy atom. The van der Waals surface area contributed by atoms with Gasteiger partial charge in [0.1, 0.15) is 18.2 Å². The van der Waals surface area contributed by atoms with Crippen molar-refractivity contribution in [1.29, 1.82) is 0 Å². The molecule has 82 valence electrons. The van der Waals surface area contributed by atoms with E-state index in [-0.39, 0.29) is 0 Å². The number of hydrogen-bond acceptors (Lipinski definition) is 5. The molecule has 0 amide bonds. The molecule has 1 aromatic heterocycles. The van der Waals surface area contributed by atoms with Crippen molar-refractivity contribution in [2.24, 2.45) is 5.73 Å². The molecule has 1 saturated heterocycles. The SMILES string of the molecule is Cc1nc(OCCN)cc(N2CCC2)n1. The molecular formula is C10H16N4O. The van der Waals surface area contributed by atoms with Crippen LogP contribution in [0.25, 0.3) is 0 Å². The standard InChI is InChI=1S/C10H16N4O/c1-8-12-9(14-4-2-5-14)7-10(13-8)15-6-3-11/h7H,2-6,11H2,1H3. The molecule has 2 heterocycles. The van der Waals surface area contributed by atoms with Gasteiger partial charge in [0.25, 0.3) is 0 Å². The van der Waals surface area contributed by atoms with Crippen LogP contribution >= 0.6 is 0 Å². The van der Waals surface area contributed by atoms with E-state index in [0.29, 0.717) is 19.0 Å². The highest BCUT2D eigenvalue weighted by Crippen LogP contribution is 2.21. The Morgan fingerprint density at radius 3 is 2.87 bits per heavy atom. The minimum Gasteiger partial charge on any atom is -0.476 e. The first-order valence-electron chi connectivity index (χ1n) is 5.23. The monoisotopic (exact) mass is 208 g/mol. The maximum atomic E-state index is 5.39. The van der Waals surface area contributed by atoms with E-state index in [9.17, 15) is 0 Å². The van der Waals surface area contributed by atoms with Crippen molar-refractivity contribution in [3.05, 3.63) is 11.9 Å². The first-order chi connectivity index (χ1) is 7.29. The predicted octanol–water partition coefficient (Wildman–Crippen LogP) is 0.333. The first-order valence-corrected chi connectivity index (χ1v) is 5.23. The number of hydrogen-bond donors (Lipinski definition) is 1. The number of aryl methyl sites for hydroxylation is 1. The van der Waals surface area contributed by atoms with Crippen LogP contribution in [0.15, 0.2) is 6.07 Å². The lowest BCUT2D eigenvalue weighted by molar-refractivity contribution is 0.314. The van der Waals surface area contributed by atoms with E-state index in [4.69, 9.17) is 10.5 Å². The molecule has 0 spiro atoms. The number of nitrogens with zero attached hydrogens (tertiary/aromatic N) is 3. The van der Waals surface area contributed by atoms with Crippen LogP contribution < -0.4 is 15.4 Å². The lowest BCUT2D eigenvalue weighted by Crippen LogP contribution is -2.37. The Hall–Kier alpha value is -1.36. The Bertz CT molecular complexity index is 338. The molecule has 0 aliphatic carbocycles. The van der Waals surface area contributed by atoms with E-state index in [0.717, 1.165) is 24.7 Å². The Labute approximate surface area is 89.3 Å². The van der Waals surface area contributed by atoms with E-state index in [1.165, 1.54) is 6.42 Å². The topological polar surface area (TPSA) is 64.3 Å². The van der Waals surface area contributed by atoms with E-state index in [2.05, 4.69) is 14.9 Å². The quantitative estimate of drug-likeness (QED) is 0.772. The summed E-state index contributed by atoms with van der Waals surface area (Å²) >= 11 is 0. The molecule has 1 aliphatic rings. The molecule has 1 aliphatic heterocycles. The van der Waals surface area contributed by atoms with Gasteiger partial charge in [-0.15, -0.1) is 0 Å². The van der Waals surface area contributed by atoms with Crippen LogP contribution in [0.3, 0.4) is 0 Å². The summed E-state index contributed by atoms with van der Waals surface area (Å²) in [6.07, 6.45) is 1.24. The largest absolute Gasteiger partial charge is 0.476 e.